The highest BCUT2D eigenvalue weighted by molar-refractivity contribution is 7.92. The molecular weight excluding hydrogens is 254 g/mol. The molecule has 2 heterocycles. The Kier molecular flexibility index (Phi) is 3.04. The predicted molar refractivity (Wildman–Crippen MR) is 65.5 cm³/mol. The molecule has 2 rings (SSSR count). The summed E-state index contributed by atoms with van der Waals surface area (Å²) in [6.45, 7) is 3.46. The van der Waals surface area contributed by atoms with E-state index in [9.17, 15) is 8.42 Å². The molecule has 0 unspecified atom stereocenters. The van der Waals surface area contributed by atoms with Crippen molar-refractivity contribution in [2.24, 2.45) is 7.05 Å². The lowest BCUT2D eigenvalue weighted by Crippen LogP contribution is -2.15. The van der Waals surface area contributed by atoms with Gasteiger partial charge in [-0.05, 0) is 13.8 Å². The molecule has 0 bridgehead atoms. The minimum atomic E-state index is -3.67. The Bertz CT molecular complexity index is 660. The number of anilines is 1. The summed E-state index contributed by atoms with van der Waals surface area (Å²) in [5.41, 5.74) is 1.28. The van der Waals surface area contributed by atoms with Gasteiger partial charge in [0.2, 0.25) is 0 Å². The SMILES string of the molecule is Cc1cnc(NS(=O)(=O)c2cnn(C)c2C)cn1. The molecule has 7 nitrogen and oxygen atoms in total. The highest BCUT2D eigenvalue weighted by Gasteiger charge is 2.20. The summed E-state index contributed by atoms with van der Waals surface area (Å²) < 4.78 is 28.0. The summed E-state index contributed by atoms with van der Waals surface area (Å²) in [5, 5.41) is 3.90. The van der Waals surface area contributed by atoms with E-state index in [2.05, 4.69) is 19.8 Å². The van der Waals surface area contributed by atoms with E-state index in [0.29, 0.717) is 5.69 Å². The number of hydrogen-bond donors (Lipinski definition) is 1. The first-order chi connectivity index (χ1) is 8.40. The summed E-state index contributed by atoms with van der Waals surface area (Å²) in [6.07, 6.45) is 4.17. The summed E-state index contributed by atoms with van der Waals surface area (Å²) in [6, 6.07) is 0. The van der Waals surface area contributed by atoms with Crippen LogP contribution in [0.1, 0.15) is 11.4 Å². The maximum Gasteiger partial charge on any atom is 0.266 e. The molecular formula is C10H13N5O2S. The Morgan fingerprint density at radius 3 is 2.39 bits per heavy atom. The lowest BCUT2D eigenvalue weighted by Gasteiger charge is -2.06. The Morgan fingerprint density at radius 1 is 1.17 bits per heavy atom. The molecule has 0 aliphatic carbocycles. The van der Waals surface area contributed by atoms with Crippen molar-refractivity contribution >= 4 is 15.8 Å². The lowest BCUT2D eigenvalue weighted by atomic mass is 10.5. The molecule has 8 heteroatoms. The molecule has 0 radical (unpaired) electrons. The van der Waals surface area contributed by atoms with Gasteiger partial charge in [0, 0.05) is 7.05 Å². The minimum absolute atomic E-state index is 0.132. The van der Waals surface area contributed by atoms with Gasteiger partial charge in [-0.2, -0.15) is 5.10 Å². The molecule has 0 saturated carbocycles. The summed E-state index contributed by atoms with van der Waals surface area (Å²) in [4.78, 5) is 8.05. The molecule has 96 valence electrons. The van der Waals surface area contributed by atoms with E-state index in [1.165, 1.54) is 23.3 Å². The summed E-state index contributed by atoms with van der Waals surface area (Å²) in [7, 11) is -1.99. The molecule has 0 spiro atoms. The Labute approximate surface area is 105 Å². The van der Waals surface area contributed by atoms with Crippen LogP contribution in [0.3, 0.4) is 0 Å². The van der Waals surface area contributed by atoms with Gasteiger partial charge in [0.1, 0.15) is 4.90 Å². The highest BCUT2D eigenvalue weighted by Crippen LogP contribution is 2.16. The van der Waals surface area contributed by atoms with Crippen LogP contribution in [0.4, 0.5) is 5.82 Å². The van der Waals surface area contributed by atoms with E-state index < -0.39 is 10.0 Å². The van der Waals surface area contributed by atoms with Crippen LogP contribution in [0.15, 0.2) is 23.5 Å². The number of sulfonamides is 1. The van der Waals surface area contributed by atoms with E-state index in [4.69, 9.17) is 0 Å². The van der Waals surface area contributed by atoms with Gasteiger partial charge in [-0.3, -0.25) is 14.4 Å². The number of aryl methyl sites for hydroxylation is 2. The molecule has 2 aromatic heterocycles. The standard InChI is InChI=1S/C10H13N5O2S/c1-7-4-12-10(6-11-7)14-18(16,17)9-5-13-15(3)8(9)2/h4-6H,1-3H3,(H,12,14). The molecule has 1 N–H and O–H groups in total. The molecule has 0 aliphatic rings. The molecule has 0 amide bonds. The van der Waals surface area contributed by atoms with Crippen molar-refractivity contribution < 1.29 is 8.42 Å². The zero-order chi connectivity index (χ0) is 13.3. The third kappa shape index (κ3) is 2.33. The predicted octanol–water partition coefficient (Wildman–Crippen LogP) is 0.628. The molecule has 0 aromatic carbocycles. The normalized spacial score (nSPS) is 11.5. The number of rotatable bonds is 3. The van der Waals surface area contributed by atoms with Gasteiger partial charge in [0.05, 0.1) is 30.0 Å². The van der Waals surface area contributed by atoms with Gasteiger partial charge in [-0.1, -0.05) is 0 Å². The van der Waals surface area contributed by atoms with Crippen LogP contribution >= 0.6 is 0 Å². The topological polar surface area (TPSA) is 89.8 Å². The molecule has 18 heavy (non-hydrogen) atoms. The van der Waals surface area contributed by atoms with Crippen molar-refractivity contribution in [2.75, 3.05) is 4.72 Å². The van der Waals surface area contributed by atoms with E-state index in [0.717, 1.165) is 5.69 Å². The van der Waals surface area contributed by atoms with Crippen molar-refractivity contribution in [1.82, 2.24) is 19.7 Å². The maximum atomic E-state index is 12.1. The Morgan fingerprint density at radius 2 is 1.89 bits per heavy atom. The third-order valence-electron chi connectivity index (χ3n) is 2.50. The van der Waals surface area contributed by atoms with Gasteiger partial charge in [0.25, 0.3) is 10.0 Å². The van der Waals surface area contributed by atoms with Crippen LogP contribution in [-0.4, -0.2) is 28.2 Å². The van der Waals surface area contributed by atoms with Crippen molar-refractivity contribution in [2.45, 2.75) is 18.7 Å². The second kappa shape index (κ2) is 4.37. The first-order valence-electron chi connectivity index (χ1n) is 5.20. The first kappa shape index (κ1) is 12.5. The van der Waals surface area contributed by atoms with Gasteiger partial charge in [-0.15, -0.1) is 0 Å². The van der Waals surface area contributed by atoms with E-state index in [-0.39, 0.29) is 10.7 Å². The monoisotopic (exact) mass is 267 g/mol. The van der Waals surface area contributed by atoms with Crippen LogP contribution in [0, 0.1) is 13.8 Å². The maximum absolute atomic E-state index is 12.1. The van der Waals surface area contributed by atoms with Crippen LogP contribution in [0.25, 0.3) is 0 Å². The third-order valence-corrected chi connectivity index (χ3v) is 3.96. The smallest absolute Gasteiger partial charge is 0.266 e. The number of nitrogens with zero attached hydrogens (tertiary/aromatic N) is 4. The summed E-state index contributed by atoms with van der Waals surface area (Å²) >= 11 is 0. The second-order valence-corrected chi connectivity index (χ2v) is 5.52. The van der Waals surface area contributed by atoms with E-state index in [1.807, 2.05) is 0 Å². The number of aromatic nitrogens is 4. The number of nitrogens with one attached hydrogen (secondary N) is 1. The van der Waals surface area contributed by atoms with Gasteiger partial charge < -0.3 is 0 Å². The fourth-order valence-corrected chi connectivity index (χ4v) is 2.58. The van der Waals surface area contributed by atoms with Crippen LogP contribution in [0.2, 0.25) is 0 Å². The summed E-state index contributed by atoms with van der Waals surface area (Å²) in [5.74, 6) is 0.184. The molecule has 0 aliphatic heterocycles. The Hall–Kier alpha value is -1.96. The molecule has 0 atom stereocenters. The van der Waals surface area contributed by atoms with Crippen molar-refractivity contribution in [1.29, 1.82) is 0 Å². The average molecular weight is 267 g/mol. The molecule has 0 fully saturated rings. The highest BCUT2D eigenvalue weighted by atomic mass is 32.2. The van der Waals surface area contributed by atoms with Crippen LogP contribution in [0.5, 0.6) is 0 Å². The van der Waals surface area contributed by atoms with Crippen molar-refractivity contribution in [3.63, 3.8) is 0 Å². The average Bonchev–Trinajstić information content (AvgIpc) is 2.63. The quantitative estimate of drug-likeness (QED) is 0.880. The van der Waals surface area contributed by atoms with Crippen LogP contribution < -0.4 is 4.72 Å². The van der Waals surface area contributed by atoms with Crippen molar-refractivity contribution in [3.8, 4) is 0 Å². The minimum Gasteiger partial charge on any atom is -0.272 e. The lowest BCUT2D eigenvalue weighted by molar-refractivity contribution is 0.600. The van der Waals surface area contributed by atoms with Crippen LogP contribution in [-0.2, 0) is 17.1 Å². The van der Waals surface area contributed by atoms with E-state index >= 15 is 0 Å². The fourth-order valence-electron chi connectivity index (χ4n) is 1.38. The largest absolute Gasteiger partial charge is 0.272 e. The number of hydrogen-bond acceptors (Lipinski definition) is 5. The first-order valence-corrected chi connectivity index (χ1v) is 6.68. The fraction of sp³-hybridized carbons (Fsp3) is 0.300. The molecule has 0 saturated heterocycles. The van der Waals surface area contributed by atoms with Gasteiger partial charge >= 0.3 is 0 Å². The zero-order valence-corrected chi connectivity index (χ0v) is 11.1. The van der Waals surface area contributed by atoms with Crippen molar-refractivity contribution in [3.05, 3.63) is 30.0 Å². The van der Waals surface area contributed by atoms with Gasteiger partial charge in [-0.25, -0.2) is 13.4 Å². The molecule has 2 aromatic rings. The van der Waals surface area contributed by atoms with Gasteiger partial charge in [0.15, 0.2) is 5.82 Å². The second-order valence-electron chi connectivity index (χ2n) is 3.87. The zero-order valence-electron chi connectivity index (χ0n) is 10.2. The van der Waals surface area contributed by atoms with E-state index in [1.54, 1.807) is 20.9 Å². The Balaban J connectivity index is 2.33.